The molecule has 2 amide bonds. The molecule has 29 heavy (non-hydrogen) atoms. The van der Waals surface area contributed by atoms with Gasteiger partial charge in [0.15, 0.2) is 11.5 Å². The lowest BCUT2D eigenvalue weighted by atomic mass is 10.0. The summed E-state index contributed by atoms with van der Waals surface area (Å²) >= 11 is 0. The van der Waals surface area contributed by atoms with Gasteiger partial charge in [0.2, 0.25) is 5.91 Å². The number of cyclic esters (lactones) is 1. The van der Waals surface area contributed by atoms with Gasteiger partial charge < -0.3 is 14.6 Å². The maximum absolute atomic E-state index is 13.0. The Balaban J connectivity index is 1.80. The summed E-state index contributed by atoms with van der Waals surface area (Å²) in [5.74, 6) is -0.451. The van der Waals surface area contributed by atoms with Crippen molar-refractivity contribution in [2.45, 2.75) is 24.9 Å². The molecule has 3 rings (SSSR count). The van der Waals surface area contributed by atoms with Gasteiger partial charge in [-0.15, -0.1) is 0 Å². The summed E-state index contributed by atoms with van der Waals surface area (Å²) < 4.78 is 10.1. The average Bonchev–Trinajstić information content (AvgIpc) is 3.08. The molecule has 1 aliphatic heterocycles. The minimum absolute atomic E-state index is 0.0162. The summed E-state index contributed by atoms with van der Waals surface area (Å²) in [6, 6.07) is 12.4. The van der Waals surface area contributed by atoms with Crippen molar-refractivity contribution in [1.82, 2.24) is 4.90 Å². The van der Waals surface area contributed by atoms with Crippen LogP contribution in [0.2, 0.25) is 0 Å². The number of rotatable bonds is 7. The Morgan fingerprint density at radius 2 is 2.10 bits per heavy atom. The lowest BCUT2D eigenvalue weighted by Gasteiger charge is -2.23. The Bertz CT molecular complexity index is 943. The van der Waals surface area contributed by atoms with E-state index in [1.807, 2.05) is 30.3 Å². The summed E-state index contributed by atoms with van der Waals surface area (Å²) in [6.07, 6.45) is -0.306. The largest absolute Gasteiger partial charge is 0.504 e. The molecule has 1 N–H and O–H groups in total. The van der Waals surface area contributed by atoms with Crippen LogP contribution in [0.25, 0.3) is 10.4 Å². The minimum atomic E-state index is -1.16. The first-order chi connectivity index (χ1) is 14.0. The van der Waals surface area contributed by atoms with Gasteiger partial charge in [-0.05, 0) is 41.6 Å². The Morgan fingerprint density at radius 1 is 1.34 bits per heavy atom. The Hall–Kier alpha value is -3.71. The number of carbonyl (C=O) groups is 2. The van der Waals surface area contributed by atoms with Crippen molar-refractivity contribution in [2.24, 2.45) is 5.11 Å². The van der Waals surface area contributed by atoms with Crippen LogP contribution in [0.5, 0.6) is 11.5 Å². The van der Waals surface area contributed by atoms with E-state index in [4.69, 9.17) is 15.0 Å². The van der Waals surface area contributed by atoms with Crippen LogP contribution in [0.3, 0.4) is 0 Å². The minimum Gasteiger partial charge on any atom is -0.504 e. The molecule has 1 aliphatic rings. The van der Waals surface area contributed by atoms with Gasteiger partial charge in [0.25, 0.3) is 0 Å². The van der Waals surface area contributed by atoms with Crippen molar-refractivity contribution in [3.63, 3.8) is 0 Å². The van der Waals surface area contributed by atoms with Gasteiger partial charge in [0, 0.05) is 4.91 Å². The molecule has 0 bridgehead atoms. The monoisotopic (exact) mass is 396 g/mol. The number of amides is 2. The normalized spacial score (nSPS) is 16.7. The van der Waals surface area contributed by atoms with Crippen molar-refractivity contribution < 1.29 is 24.2 Å². The Kier molecular flexibility index (Phi) is 6.21. The van der Waals surface area contributed by atoms with Crippen LogP contribution in [-0.2, 0) is 22.4 Å². The second-order valence-corrected chi connectivity index (χ2v) is 6.56. The van der Waals surface area contributed by atoms with E-state index in [1.54, 1.807) is 12.1 Å². The number of benzene rings is 2. The van der Waals surface area contributed by atoms with Crippen LogP contribution in [0.1, 0.15) is 11.1 Å². The zero-order valence-corrected chi connectivity index (χ0v) is 15.8. The topological polar surface area (TPSA) is 125 Å². The molecule has 2 aromatic carbocycles. The number of aromatic hydroxyl groups is 1. The summed E-state index contributed by atoms with van der Waals surface area (Å²) in [5, 5.41) is 13.5. The molecule has 0 saturated carbocycles. The van der Waals surface area contributed by atoms with Gasteiger partial charge in [-0.1, -0.05) is 41.5 Å². The van der Waals surface area contributed by atoms with Gasteiger partial charge in [-0.25, -0.2) is 9.69 Å². The number of hydrogen-bond donors (Lipinski definition) is 1. The maximum Gasteiger partial charge on any atom is 0.416 e. The first-order valence-electron chi connectivity index (χ1n) is 8.97. The predicted octanol–water partition coefficient (Wildman–Crippen LogP) is 3.21. The van der Waals surface area contributed by atoms with E-state index in [-0.39, 0.29) is 24.5 Å². The lowest BCUT2D eigenvalue weighted by Crippen LogP contribution is -2.45. The molecule has 1 heterocycles. The molecular formula is C20H20N4O5. The van der Waals surface area contributed by atoms with Gasteiger partial charge in [-0.3, -0.25) is 4.79 Å². The standard InChI is InChI=1S/C20H20N4O5/c1-28-18-8-7-14(11-17(18)25)10-16(22-23-21)19(26)24-15(12-29-20(24)27)9-13-5-3-2-4-6-13/h2-8,11,15-16,25H,9-10,12H2,1H3/t15-,16-/m0/s1. The van der Waals surface area contributed by atoms with E-state index < -0.39 is 24.1 Å². The maximum atomic E-state index is 13.0. The first kappa shape index (κ1) is 20.0. The number of phenols is 1. The highest BCUT2D eigenvalue weighted by atomic mass is 16.6. The van der Waals surface area contributed by atoms with Gasteiger partial charge in [0.05, 0.1) is 13.2 Å². The molecule has 9 heteroatoms. The second-order valence-electron chi connectivity index (χ2n) is 6.56. The lowest BCUT2D eigenvalue weighted by molar-refractivity contribution is -0.130. The molecule has 2 atom stereocenters. The van der Waals surface area contributed by atoms with E-state index in [0.29, 0.717) is 12.0 Å². The van der Waals surface area contributed by atoms with E-state index in [1.165, 1.54) is 13.2 Å². The third kappa shape index (κ3) is 4.59. The number of hydrogen-bond acceptors (Lipinski definition) is 6. The van der Waals surface area contributed by atoms with E-state index in [0.717, 1.165) is 10.5 Å². The fraction of sp³-hybridized carbons (Fsp3) is 0.300. The molecule has 0 unspecified atom stereocenters. The van der Waals surface area contributed by atoms with Crippen molar-refractivity contribution in [2.75, 3.05) is 13.7 Å². The third-order valence-corrected chi connectivity index (χ3v) is 4.66. The fourth-order valence-electron chi connectivity index (χ4n) is 3.25. The summed E-state index contributed by atoms with van der Waals surface area (Å²) in [5.41, 5.74) is 10.4. The molecule has 0 radical (unpaired) electrons. The number of azide groups is 1. The smallest absolute Gasteiger partial charge is 0.416 e. The Labute approximate surface area is 167 Å². The highest BCUT2D eigenvalue weighted by Crippen LogP contribution is 2.28. The first-order valence-corrected chi connectivity index (χ1v) is 8.97. The van der Waals surface area contributed by atoms with Crippen LogP contribution in [0.4, 0.5) is 4.79 Å². The van der Waals surface area contributed by atoms with E-state index >= 15 is 0 Å². The number of nitrogens with zero attached hydrogens (tertiary/aromatic N) is 4. The molecule has 9 nitrogen and oxygen atoms in total. The van der Waals surface area contributed by atoms with Gasteiger partial charge in [-0.2, -0.15) is 0 Å². The van der Waals surface area contributed by atoms with Crippen LogP contribution >= 0.6 is 0 Å². The molecule has 0 aromatic heterocycles. The summed E-state index contributed by atoms with van der Waals surface area (Å²) in [7, 11) is 1.42. The van der Waals surface area contributed by atoms with Gasteiger partial charge >= 0.3 is 6.09 Å². The SMILES string of the molecule is COc1ccc(C[C@H](N=[N+]=[N-])C(=O)N2C(=O)OC[C@@H]2Cc2ccccc2)cc1O. The molecular weight excluding hydrogens is 376 g/mol. The average molecular weight is 396 g/mol. The fourth-order valence-corrected chi connectivity index (χ4v) is 3.25. The van der Waals surface area contributed by atoms with Crippen LogP contribution < -0.4 is 4.74 Å². The molecule has 1 saturated heterocycles. The zero-order chi connectivity index (χ0) is 20.8. The van der Waals surface area contributed by atoms with Gasteiger partial charge in [0.1, 0.15) is 12.6 Å². The van der Waals surface area contributed by atoms with Crippen LogP contribution in [0.15, 0.2) is 53.6 Å². The van der Waals surface area contributed by atoms with Crippen molar-refractivity contribution in [3.8, 4) is 11.5 Å². The highest BCUT2D eigenvalue weighted by Gasteiger charge is 2.40. The molecule has 2 aromatic rings. The molecule has 1 fully saturated rings. The number of ether oxygens (including phenoxy) is 2. The number of methoxy groups -OCH3 is 1. The molecule has 0 spiro atoms. The van der Waals surface area contributed by atoms with Crippen molar-refractivity contribution in [3.05, 3.63) is 70.1 Å². The number of imide groups is 1. The Morgan fingerprint density at radius 3 is 2.76 bits per heavy atom. The second kappa shape index (κ2) is 8.99. The third-order valence-electron chi connectivity index (χ3n) is 4.66. The number of carbonyl (C=O) groups excluding carboxylic acids is 2. The van der Waals surface area contributed by atoms with E-state index in [2.05, 4.69) is 10.0 Å². The van der Waals surface area contributed by atoms with E-state index in [9.17, 15) is 14.7 Å². The molecule has 150 valence electrons. The molecule has 0 aliphatic carbocycles. The zero-order valence-electron chi connectivity index (χ0n) is 15.8. The summed E-state index contributed by atoms with van der Waals surface area (Å²) in [4.78, 5) is 29.0. The summed E-state index contributed by atoms with van der Waals surface area (Å²) in [6.45, 7) is 0.0752. The number of phenolic OH excluding ortho intramolecular Hbond substituents is 1. The van der Waals surface area contributed by atoms with Crippen LogP contribution in [-0.4, -0.2) is 47.8 Å². The predicted molar refractivity (Wildman–Crippen MR) is 103 cm³/mol. The van der Waals surface area contributed by atoms with Crippen molar-refractivity contribution in [1.29, 1.82) is 0 Å². The quantitative estimate of drug-likeness (QED) is 0.437. The highest BCUT2D eigenvalue weighted by molar-refractivity contribution is 5.96. The van der Waals surface area contributed by atoms with Crippen molar-refractivity contribution >= 4 is 12.0 Å². The van der Waals surface area contributed by atoms with Crippen LogP contribution in [0, 0.1) is 0 Å².